The standard InChI is InChI=1S/C17H21N3O4/c1-2-3-16-18-12-4-5-20(9-11(12)17(24)19-16)8-10-6-14(22)15(23)7-13(10)21/h6-7,21-23H,2-5,8-9H2,1H3,(H,18,19,24). The van der Waals surface area contributed by atoms with Gasteiger partial charge in [0.15, 0.2) is 11.5 Å². The molecular weight excluding hydrogens is 310 g/mol. The lowest BCUT2D eigenvalue weighted by Gasteiger charge is -2.28. The van der Waals surface area contributed by atoms with Gasteiger partial charge in [-0.25, -0.2) is 4.98 Å². The van der Waals surface area contributed by atoms with Crippen LogP contribution in [0.5, 0.6) is 17.2 Å². The first-order chi connectivity index (χ1) is 11.5. The predicted molar refractivity (Wildman–Crippen MR) is 88.1 cm³/mol. The molecule has 0 radical (unpaired) electrons. The number of nitrogens with one attached hydrogen (secondary N) is 1. The van der Waals surface area contributed by atoms with E-state index in [-0.39, 0.29) is 22.8 Å². The Balaban J connectivity index is 1.81. The lowest BCUT2D eigenvalue weighted by atomic mass is 10.1. The molecule has 7 heteroatoms. The van der Waals surface area contributed by atoms with Crippen LogP contribution in [0.3, 0.4) is 0 Å². The Hall–Kier alpha value is -2.54. The number of aromatic nitrogens is 2. The van der Waals surface area contributed by atoms with Crippen molar-refractivity contribution in [3.63, 3.8) is 0 Å². The second-order valence-electron chi connectivity index (χ2n) is 6.12. The van der Waals surface area contributed by atoms with Gasteiger partial charge in [-0.15, -0.1) is 0 Å². The molecule has 0 bridgehead atoms. The zero-order valence-corrected chi connectivity index (χ0v) is 13.5. The summed E-state index contributed by atoms with van der Waals surface area (Å²) in [5.74, 6) is 0.0190. The van der Waals surface area contributed by atoms with Crippen LogP contribution in [0, 0.1) is 0 Å². The Morgan fingerprint density at radius 3 is 2.71 bits per heavy atom. The number of rotatable bonds is 4. The molecule has 0 saturated heterocycles. The number of phenols is 3. The van der Waals surface area contributed by atoms with Gasteiger partial charge in [-0.3, -0.25) is 9.69 Å². The monoisotopic (exact) mass is 331 g/mol. The van der Waals surface area contributed by atoms with Crippen molar-refractivity contribution < 1.29 is 15.3 Å². The van der Waals surface area contributed by atoms with Gasteiger partial charge in [-0.05, 0) is 12.5 Å². The summed E-state index contributed by atoms with van der Waals surface area (Å²) in [5, 5.41) is 28.9. The van der Waals surface area contributed by atoms with Gasteiger partial charge in [0.05, 0.1) is 11.3 Å². The van der Waals surface area contributed by atoms with Gasteiger partial charge in [0.1, 0.15) is 11.6 Å². The lowest BCUT2D eigenvalue weighted by Crippen LogP contribution is -2.35. The normalized spacial score (nSPS) is 14.5. The molecule has 24 heavy (non-hydrogen) atoms. The third-order valence-electron chi connectivity index (χ3n) is 4.25. The first kappa shape index (κ1) is 16.3. The molecule has 1 aromatic heterocycles. The second kappa shape index (κ2) is 6.52. The molecule has 1 aromatic carbocycles. The largest absolute Gasteiger partial charge is 0.507 e. The smallest absolute Gasteiger partial charge is 0.255 e. The molecule has 0 aliphatic carbocycles. The van der Waals surface area contributed by atoms with Gasteiger partial charge in [0.2, 0.25) is 0 Å². The minimum absolute atomic E-state index is 0.0820. The summed E-state index contributed by atoms with van der Waals surface area (Å²) in [6.45, 7) is 3.55. The molecular formula is C17H21N3O4. The zero-order valence-electron chi connectivity index (χ0n) is 13.5. The van der Waals surface area contributed by atoms with E-state index in [4.69, 9.17) is 0 Å². The Morgan fingerprint density at radius 1 is 1.21 bits per heavy atom. The molecule has 0 fully saturated rings. The number of aromatic amines is 1. The molecule has 2 heterocycles. The first-order valence-corrected chi connectivity index (χ1v) is 8.05. The van der Waals surface area contributed by atoms with Gasteiger partial charge in [0, 0.05) is 44.1 Å². The van der Waals surface area contributed by atoms with Crippen LogP contribution in [0.2, 0.25) is 0 Å². The molecule has 0 saturated carbocycles. The van der Waals surface area contributed by atoms with Crippen molar-refractivity contribution >= 4 is 0 Å². The van der Waals surface area contributed by atoms with Crippen molar-refractivity contribution in [2.24, 2.45) is 0 Å². The Bertz CT molecular complexity index is 816. The number of nitrogens with zero attached hydrogens (tertiary/aromatic N) is 2. The Morgan fingerprint density at radius 2 is 1.96 bits per heavy atom. The van der Waals surface area contributed by atoms with Gasteiger partial charge >= 0.3 is 0 Å². The molecule has 128 valence electrons. The highest BCUT2D eigenvalue weighted by Crippen LogP contribution is 2.33. The van der Waals surface area contributed by atoms with Crippen molar-refractivity contribution in [2.45, 2.75) is 39.3 Å². The average molecular weight is 331 g/mol. The quantitative estimate of drug-likeness (QED) is 0.498. The van der Waals surface area contributed by atoms with Crippen LogP contribution in [-0.4, -0.2) is 36.7 Å². The van der Waals surface area contributed by atoms with Crippen LogP contribution >= 0.6 is 0 Å². The fraction of sp³-hybridized carbons (Fsp3) is 0.412. The molecule has 1 aliphatic rings. The third kappa shape index (κ3) is 3.21. The number of phenolic OH excluding ortho intramolecular Hbond substituents is 3. The van der Waals surface area contributed by atoms with E-state index in [1.165, 1.54) is 6.07 Å². The molecule has 7 nitrogen and oxygen atoms in total. The highest BCUT2D eigenvalue weighted by molar-refractivity contribution is 5.48. The van der Waals surface area contributed by atoms with Crippen LogP contribution in [0.25, 0.3) is 0 Å². The van der Waals surface area contributed by atoms with E-state index in [0.717, 1.165) is 30.4 Å². The summed E-state index contributed by atoms with van der Waals surface area (Å²) < 4.78 is 0. The molecule has 0 unspecified atom stereocenters. The van der Waals surface area contributed by atoms with E-state index in [9.17, 15) is 20.1 Å². The fourth-order valence-corrected chi connectivity index (χ4v) is 3.00. The number of hydrogen-bond donors (Lipinski definition) is 4. The summed E-state index contributed by atoms with van der Waals surface area (Å²) in [4.78, 5) is 21.7. The number of aromatic hydroxyl groups is 3. The van der Waals surface area contributed by atoms with Crippen molar-refractivity contribution in [3.8, 4) is 17.2 Å². The molecule has 3 rings (SSSR count). The van der Waals surface area contributed by atoms with E-state index in [1.54, 1.807) is 0 Å². The van der Waals surface area contributed by atoms with Crippen LogP contribution < -0.4 is 5.56 Å². The summed E-state index contributed by atoms with van der Waals surface area (Å²) in [5.41, 5.74) is 1.89. The predicted octanol–water partition coefficient (Wildman–Crippen LogP) is 1.40. The number of aryl methyl sites for hydroxylation is 1. The average Bonchev–Trinajstić information content (AvgIpc) is 2.53. The fourth-order valence-electron chi connectivity index (χ4n) is 3.00. The van der Waals surface area contributed by atoms with Gasteiger partial charge < -0.3 is 20.3 Å². The first-order valence-electron chi connectivity index (χ1n) is 8.05. The minimum atomic E-state index is -0.357. The molecule has 1 aliphatic heterocycles. The van der Waals surface area contributed by atoms with Gasteiger partial charge in [0.25, 0.3) is 5.56 Å². The lowest BCUT2D eigenvalue weighted by molar-refractivity contribution is 0.237. The van der Waals surface area contributed by atoms with E-state index < -0.39 is 0 Å². The number of benzene rings is 1. The summed E-state index contributed by atoms with van der Waals surface area (Å²) >= 11 is 0. The third-order valence-corrected chi connectivity index (χ3v) is 4.25. The molecule has 4 N–H and O–H groups in total. The highest BCUT2D eigenvalue weighted by Gasteiger charge is 2.22. The SMILES string of the molecule is CCCc1nc2c(c(=O)[nH]1)CN(Cc1cc(O)c(O)cc1O)CC2. The van der Waals surface area contributed by atoms with E-state index in [1.807, 2.05) is 11.8 Å². The Kier molecular flexibility index (Phi) is 4.44. The summed E-state index contributed by atoms with van der Waals surface area (Å²) in [6, 6.07) is 2.46. The minimum Gasteiger partial charge on any atom is -0.507 e. The molecule has 2 aromatic rings. The van der Waals surface area contributed by atoms with Crippen molar-refractivity contribution in [2.75, 3.05) is 6.54 Å². The van der Waals surface area contributed by atoms with Crippen molar-refractivity contribution in [3.05, 3.63) is 45.1 Å². The van der Waals surface area contributed by atoms with E-state index in [0.29, 0.717) is 37.2 Å². The van der Waals surface area contributed by atoms with Crippen molar-refractivity contribution in [1.82, 2.24) is 14.9 Å². The molecule has 0 spiro atoms. The zero-order chi connectivity index (χ0) is 17.3. The van der Waals surface area contributed by atoms with Gasteiger partial charge in [-0.2, -0.15) is 0 Å². The maximum absolute atomic E-state index is 12.3. The number of fused-ring (bicyclic) bond motifs is 1. The van der Waals surface area contributed by atoms with Crippen LogP contribution in [0.4, 0.5) is 0 Å². The van der Waals surface area contributed by atoms with Crippen LogP contribution in [0.1, 0.15) is 36.0 Å². The second-order valence-corrected chi connectivity index (χ2v) is 6.12. The summed E-state index contributed by atoms with van der Waals surface area (Å²) in [6.07, 6.45) is 2.35. The molecule has 0 atom stereocenters. The maximum atomic E-state index is 12.3. The van der Waals surface area contributed by atoms with Gasteiger partial charge in [-0.1, -0.05) is 6.92 Å². The summed E-state index contributed by atoms with van der Waals surface area (Å²) in [7, 11) is 0. The van der Waals surface area contributed by atoms with Crippen molar-refractivity contribution in [1.29, 1.82) is 0 Å². The maximum Gasteiger partial charge on any atom is 0.255 e. The molecule has 0 amide bonds. The van der Waals surface area contributed by atoms with Crippen LogP contribution in [0.15, 0.2) is 16.9 Å². The Labute approximate surface area is 139 Å². The number of H-pyrrole nitrogens is 1. The topological polar surface area (TPSA) is 110 Å². The van der Waals surface area contributed by atoms with E-state index in [2.05, 4.69) is 9.97 Å². The highest BCUT2D eigenvalue weighted by atomic mass is 16.3. The number of hydrogen-bond acceptors (Lipinski definition) is 6. The van der Waals surface area contributed by atoms with E-state index >= 15 is 0 Å². The van der Waals surface area contributed by atoms with Crippen LogP contribution in [-0.2, 0) is 25.9 Å².